The molecule has 1 saturated carbocycles. The Labute approximate surface area is 322 Å². The monoisotopic (exact) mass is 729 g/mol. The number of hydrogen-bond acceptors (Lipinski definition) is 2. The number of aromatic nitrogens is 3. The summed E-state index contributed by atoms with van der Waals surface area (Å²) in [5.41, 5.74) is 16.7. The van der Waals surface area contributed by atoms with E-state index in [1.54, 1.807) is 10.8 Å². The predicted molar refractivity (Wildman–Crippen MR) is 224 cm³/mol. The van der Waals surface area contributed by atoms with Crippen molar-refractivity contribution in [3.63, 3.8) is 0 Å². The largest absolute Gasteiger partial charge is 0.437 e. The summed E-state index contributed by atoms with van der Waals surface area (Å²) in [5.74, 6) is 1.43. The third-order valence-electron chi connectivity index (χ3n) is 13.6. The van der Waals surface area contributed by atoms with E-state index in [1.165, 1.54) is 89.7 Å². The van der Waals surface area contributed by atoms with Crippen LogP contribution in [0.5, 0.6) is 0 Å². The van der Waals surface area contributed by atoms with Gasteiger partial charge in [-0.3, -0.25) is 0 Å². The van der Waals surface area contributed by atoms with Crippen molar-refractivity contribution in [3.05, 3.63) is 113 Å². The Kier molecular flexibility index (Phi) is 8.14. The van der Waals surface area contributed by atoms with Gasteiger partial charge in [0, 0.05) is 44.9 Å². The number of nitrogens with zero attached hydrogens (tertiary/aromatic N) is 3. The first-order chi connectivity index (χ1) is 26.2. The molecule has 1 fully saturated rings. The zero-order valence-electron chi connectivity index (χ0n) is 33.0. The molecule has 4 nitrogen and oxygen atoms in total. The van der Waals surface area contributed by atoms with Crippen molar-refractivity contribution in [2.45, 2.75) is 122 Å². The molecule has 0 N–H and O–H groups in total. The minimum Gasteiger partial charge on any atom is -0.437 e. The highest BCUT2D eigenvalue weighted by atomic mass is 28.3. The third kappa shape index (κ3) is 5.39. The summed E-state index contributed by atoms with van der Waals surface area (Å²) in [4.78, 5) is 5.06. The maximum atomic E-state index is 6.96. The summed E-state index contributed by atoms with van der Waals surface area (Å²) in [5, 5.41) is 3.89. The van der Waals surface area contributed by atoms with Crippen molar-refractivity contribution in [1.82, 2.24) is 4.98 Å². The molecule has 54 heavy (non-hydrogen) atoms. The lowest BCUT2D eigenvalue weighted by molar-refractivity contribution is -0.726. The Balaban J connectivity index is 1.24. The smallest absolute Gasteiger partial charge is 0.249 e. The Morgan fingerprint density at radius 1 is 0.870 bits per heavy atom. The molecule has 0 bridgehead atoms. The molecule has 0 saturated heterocycles. The average molecular weight is 730 g/mol. The molecule has 2 unspecified atom stereocenters. The molecule has 4 aliphatic rings. The standard InChI is InChI=1S/C49H55N3OSi/c1-30(2)42-24-23-41-40-22-20-34-19-21-39-37-17-11-12-18-38(37)43-28-35(27-32-13-7-8-14-32)44(54(4,5)6)29-52(43)46(39)31(3)51-26-25-33-15-9-10-16-36(33)47(51)45(34)48(40)53-49(41)50-42/h11-12,17-18,20,22-26,28-30,32,39,46H,3,7-10,13-16,19,21,27H2,1-2,4-6H3/q+2. The van der Waals surface area contributed by atoms with Crippen LogP contribution < -0.4 is 14.3 Å². The van der Waals surface area contributed by atoms with Crippen LogP contribution >= 0.6 is 0 Å². The highest BCUT2D eigenvalue weighted by Gasteiger charge is 2.49. The molecule has 4 aromatic heterocycles. The zero-order valence-corrected chi connectivity index (χ0v) is 34.0. The molecule has 10 rings (SSSR count). The van der Waals surface area contributed by atoms with Crippen molar-refractivity contribution < 1.29 is 13.6 Å². The number of allylic oxidation sites excluding steroid dienone is 1. The predicted octanol–water partition coefficient (Wildman–Crippen LogP) is 10.9. The first-order valence-corrected chi connectivity index (χ1v) is 24.4. The van der Waals surface area contributed by atoms with Crippen LogP contribution in [-0.4, -0.2) is 13.1 Å². The second kappa shape index (κ2) is 12.9. The molecule has 274 valence electrons. The second-order valence-corrected chi connectivity index (χ2v) is 23.4. The van der Waals surface area contributed by atoms with Gasteiger partial charge in [-0.1, -0.05) is 89.5 Å². The highest BCUT2D eigenvalue weighted by molar-refractivity contribution is 6.89. The molecule has 2 aliphatic carbocycles. The van der Waals surface area contributed by atoms with Gasteiger partial charge in [0.1, 0.15) is 0 Å². The lowest BCUT2D eigenvalue weighted by Crippen LogP contribution is -2.57. The van der Waals surface area contributed by atoms with Crippen molar-refractivity contribution in [3.8, 4) is 22.5 Å². The van der Waals surface area contributed by atoms with Gasteiger partial charge in [-0.05, 0) is 104 Å². The molecule has 2 aromatic carbocycles. The van der Waals surface area contributed by atoms with Gasteiger partial charge in [0.15, 0.2) is 18.0 Å². The summed E-state index contributed by atoms with van der Waals surface area (Å²) in [6, 6.07) is 23.6. The van der Waals surface area contributed by atoms with Gasteiger partial charge >= 0.3 is 0 Å². The number of aryl methyl sites for hydroxylation is 2. The first-order valence-electron chi connectivity index (χ1n) is 20.9. The van der Waals surface area contributed by atoms with Crippen molar-refractivity contribution >= 4 is 41.0 Å². The van der Waals surface area contributed by atoms with E-state index >= 15 is 0 Å². The molecular formula is C49H55N3OSi+2. The minimum absolute atomic E-state index is 0.0895. The fourth-order valence-corrected chi connectivity index (χ4v) is 12.5. The van der Waals surface area contributed by atoms with E-state index < -0.39 is 8.07 Å². The van der Waals surface area contributed by atoms with Gasteiger partial charge in [-0.2, -0.15) is 9.13 Å². The molecule has 6 aromatic rings. The van der Waals surface area contributed by atoms with Crippen molar-refractivity contribution in [2.24, 2.45) is 5.92 Å². The number of benzene rings is 2. The Hall–Kier alpha value is -4.35. The molecule has 0 radical (unpaired) electrons. The minimum atomic E-state index is -1.69. The van der Waals surface area contributed by atoms with Crippen LogP contribution in [0, 0.1) is 5.92 Å². The summed E-state index contributed by atoms with van der Waals surface area (Å²) >= 11 is 0. The fourth-order valence-electron chi connectivity index (χ4n) is 10.8. The molecule has 2 aliphatic heterocycles. The molecule has 2 atom stereocenters. The number of rotatable bonds is 4. The molecule has 0 amide bonds. The van der Waals surface area contributed by atoms with Gasteiger partial charge in [0.05, 0.1) is 19.6 Å². The van der Waals surface area contributed by atoms with Crippen molar-refractivity contribution in [2.75, 3.05) is 0 Å². The van der Waals surface area contributed by atoms with Gasteiger partial charge in [-0.15, -0.1) is 0 Å². The highest BCUT2D eigenvalue weighted by Crippen LogP contribution is 2.48. The van der Waals surface area contributed by atoms with Gasteiger partial charge in [0.25, 0.3) is 0 Å². The van der Waals surface area contributed by atoms with E-state index in [2.05, 4.69) is 116 Å². The Morgan fingerprint density at radius 3 is 2.48 bits per heavy atom. The molecule has 0 spiro atoms. The number of furan rings is 1. The lowest BCUT2D eigenvalue weighted by Gasteiger charge is -2.31. The van der Waals surface area contributed by atoms with Gasteiger partial charge in [-0.25, -0.2) is 4.98 Å². The topological polar surface area (TPSA) is 33.8 Å². The maximum absolute atomic E-state index is 6.96. The number of fused-ring (bicyclic) bond motifs is 15. The Morgan fingerprint density at radius 2 is 1.67 bits per heavy atom. The maximum Gasteiger partial charge on any atom is 0.249 e. The van der Waals surface area contributed by atoms with Gasteiger partial charge < -0.3 is 4.42 Å². The molecular weight excluding hydrogens is 675 g/mol. The summed E-state index contributed by atoms with van der Waals surface area (Å²) in [6.45, 7) is 17.2. The first kappa shape index (κ1) is 34.2. The zero-order chi connectivity index (χ0) is 36.9. The van der Waals surface area contributed by atoms with E-state index in [4.69, 9.17) is 16.0 Å². The van der Waals surface area contributed by atoms with Crippen molar-refractivity contribution in [1.29, 1.82) is 0 Å². The van der Waals surface area contributed by atoms with Gasteiger partial charge in [0.2, 0.25) is 28.8 Å². The van der Waals surface area contributed by atoms with E-state index in [-0.39, 0.29) is 12.0 Å². The summed E-state index contributed by atoms with van der Waals surface area (Å²) in [6.07, 6.45) is 18.4. The average Bonchev–Trinajstić information content (AvgIpc) is 3.83. The van der Waals surface area contributed by atoms with Crippen LogP contribution in [0.4, 0.5) is 0 Å². The van der Waals surface area contributed by atoms with E-state index in [0.29, 0.717) is 5.92 Å². The van der Waals surface area contributed by atoms with E-state index in [1.807, 2.05) is 0 Å². The van der Waals surface area contributed by atoms with Crippen LogP contribution in [-0.2, 0) is 25.7 Å². The molecule has 6 heterocycles. The third-order valence-corrected chi connectivity index (χ3v) is 15.7. The number of hydrogen-bond donors (Lipinski definition) is 0. The quantitative estimate of drug-likeness (QED) is 0.134. The van der Waals surface area contributed by atoms with E-state index in [9.17, 15) is 0 Å². The summed E-state index contributed by atoms with van der Waals surface area (Å²) in [7, 11) is -1.69. The normalized spacial score (nSPS) is 19.8. The fraction of sp³-hybridized carbons (Fsp3) is 0.408. The lowest BCUT2D eigenvalue weighted by atomic mass is 9.78. The number of pyridine rings is 3. The van der Waals surface area contributed by atoms with Crippen LogP contribution in [0.2, 0.25) is 19.6 Å². The second-order valence-electron chi connectivity index (χ2n) is 18.3. The van der Waals surface area contributed by atoms with E-state index in [0.717, 1.165) is 65.1 Å². The molecule has 5 heteroatoms. The van der Waals surface area contributed by atoms with Crippen LogP contribution in [0.3, 0.4) is 0 Å². The SMILES string of the molecule is C=C1C2C(CCc3ccc4c(oc5nc(C(C)C)ccc54)c3-c3c4c(cc[n+]31)CCCC4)c1ccccc1-c1cc(CC3CCCC3)c([Si](C)(C)C)c[n+]12. The van der Waals surface area contributed by atoms with Crippen LogP contribution in [0.25, 0.3) is 50.3 Å². The van der Waals surface area contributed by atoms with Crippen LogP contribution in [0.1, 0.15) is 110 Å². The Bertz CT molecular complexity index is 2490. The summed E-state index contributed by atoms with van der Waals surface area (Å²) < 4.78 is 12.2. The van der Waals surface area contributed by atoms with Crippen LogP contribution in [0.15, 0.2) is 84.1 Å².